The van der Waals surface area contributed by atoms with E-state index in [2.05, 4.69) is 12.2 Å². The van der Waals surface area contributed by atoms with Gasteiger partial charge in [0.1, 0.15) is 18.1 Å². The number of hydrogen-bond donors (Lipinski definition) is 1. The van der Waals surface area contributed by atoms with E-state index in [1.807, 2.05) is 24.3 Å². The van der Waals surface area contributed by atoms with Gasteiger partial charge >= 0.3 is 0 Å². The molecule has 1 heterocycles. The second-order valence-corrected chi connectivity index (χ2v) is 5.15. The molecule has 5 heteroatoms. The summed E-state index contributed by atoms with van der Waals surface area (Å²) in [5, 5.41) is 2.78. The highest BCUT2D eigenvalue weighted by Crippen LogP contribution is 2.16. The second-order valence-electron chi connectivity index (χ2n) is 5.15. The monoisotopic (exact) mass is 317 g/mol. The van der Waals surface area contributed by atoms with Gasteiger partial charge in [-0.25, -0.2) is 0 Å². The van der Waals surface area contributed by atoms with Crippen LogP contribution in [0.3, 0.4) is 0 Å². The lowest BCUT2D eigenvalue weighted by Crippen LogP contribution is -2.24. The molecule has 0 bridgehead atoms. The molecule has 0 radical (unpaired) electrons. The molecular weight excluding hydrogens is 294 g/mol. The van der Waals surface area contributed by atoms with E-state index < -0.39 is 0 Å². The maximum atomic E-state index is 11.9. The molecule has 23 heavy (non-hydrogen) atoms. The average Bonchev–Trinajstić information content (AvgIpc) is 3.06. The SMILES string of the molecule is CCc1ccc(OCc2ccc(C(=O)NCCCOC)o2)cc1. The first-order valence-electron chi connectivity index (χ1n) is 7.80. The normalized spacial score (nSPS) is 10.5. The van der Waals surface area contributed by atoms with Crippen LogP contribution in [-0.4, -0.2) is 26.2 Å². The summed E-state index contributed by atoms with van der Waals surface area (Å²) in [6.45, 7) is 3.58. The predicted molar refractivity (Wildman–Crippen MR) is 87.7 cm³/mol. The van der Waals surface area contributed by atoms with Crippen molar-refractivity contribution in [2.24, 2.45) is 0 Å². The summed E-state index contributed by atoms with van der Waals surface area (Å²) in [7, 11) is 1.64. The molecule has 1 N–H and O–H groups in total. The van der Waals surface area contributed by atoms with Crippen LogP contribution in [0.25, 0.3) is 0 Å². The van der Waals surface area contributed by atoms with Crippen molar-refractivity contribution in [1.29, 1.82) is 0 Å². The highest BCUT2D eigenvalue weighted by molar-refractivity contribution is 5.91. The topological polar surface area (TPSA) is 60.7 Å². The number of furan rings is 1. The lowest BCUT2D eigenvalue weighted by atomic mass is 10.2. The van der Waals surface area contributed by atoms with Crippen LogP contribution in [-0.2, 0) is 17.8 Å². The molecule has 0 aliphatic rings. The Morgan fingerprint density at radius 2 is 1.96 bits per heavy atom. The summed E-state index contributed by atoms with van der Waals surface area (Å²) in [6, 6.07) is 11.4. The van der Waals surface area contributed by atoms with Crippen LogP contribution in [0.1, 0.15) is 35.2 Å². The summed E-state index contributed by atoms with van der Waals surface area (Å²) in [4.78, 5) is 11.9. The predicted octanol–water partition coefficient (Wildman–Crippen LogP) is 3.19. The van der Waals surface area contributed by atoms with Gasteiger partial charge in [0.05, 0.1) is 0 Å². The van der Waals surface area contributed by atoms with E-state index in [1.54, 1.807) is 19.2 Å². The summed E-state index contributed by atoms with van der Waals surface area (Å²) in [6.07, 6.45) is 1.77. The highest BCUT2D eigenvalue weighted by atomic mass is 16.5. The molecule has 1 aromatic heterocycles. The molecule has 124 valence electrons. The number of amides is 1. The third-order valence-corrected chi connectivity index (χ3v) is 3.41. The van der Waals surface area contributed by atoms with E-state index in [4.69, 9.17) is 13.9 Å². The Kier molecular flexibility index (Phi) is 6.69. The molecule has 0 saturated heterocycles. The summed E-state index contributed by atoms with van der Waals surface area (Å²) < 4.78 is 16.1. The van der Waals surface area contributed by atoms with Crippen molar-refractivity contribution >= 4 is 5.91 Å². The van der Waals surface area contributed by atoms with Gasteiger partial charge < -0.3 is 19.2 Å². The smallest absolute Gasteiger partial charge is 0.286 e. The van der Waals surface area contributed by atoms with Gasteiger partial charge in [-0.1, -0.05) is 19.1 Å². The molecule has 1 aromatic carbocycles. The highest BCUT2D eigenvalue weighted by Gasteiger charge is 2.10. The number of carbonyl (C=O) groups excluding carboxylic acids is 1. The van der Waals surface area contributed by atoms with E-state index in [0.717, 1.165) is 18.6 Å². The Morgan fingerprint density at radius 3 is 2.65 bits per heavy atom. The lowest BCUT2D eigenvalue weighted by Gasteiger charge is -2.05. The van der Waals surface area contributed by atoms with Gasteiger partial charge in [-0.05, 0) is 42.7 Å². The first-order chi connectivity index (χ1) is 11.2. The van der Waals surface area contributed by atoms with Gasteiger partial charge in [0.15, 0.2) is 5.76 Å². The number of rotatable bonds is 9. The van der Waals surface area contributed by atoms with Crippen LogP contribution in [0.2, 0.25) is 0 Å². The minimum atomic E-state index is -0.223. The Bertz CT molecular complexity index is 604. The fourth-order valence-electron chi connectivity index (χ4n) is 2.06. The molecule has 0 spiro atoms. The molecule has 0 aliphatic carbocycles. The van der Waals surface area contributed by atoms with Crippen molar-refractivity contribution in [1.82, 2.24) is 5.32 Å². The van der Waals surface area contributed by atoms with Gasteiger partial charge in [-0.15, -0.1) is 0 Å². The largest absolute Gasteiger partial charge is 0.486 e. The molecule has 0 aliphatic heterocycles. The van der Waals surface area contributed by atoms with Crippen LogP contribution in [0, 0.1) is 0 Å². The van der Waals surface area contributed by atoms with Crippen molar-refractivity contribution in [2.75, 3.05) is 20.3 Å². The molecule has 0 atom stereocenters. The number of hydrogen-bond acceptors (Lipinski definition) is 4. The van der Waals surface area contributed by atoms with Crippen molar-refractivity contribution < 1.29 is 18.7 Å². The van der Waals surface area contributed by atoms with Gasteiger partial charge in [-0.2, -0.15) is 0 Å². The number of carbonyl (C=O) groups is 1. The molecule has 0 unspecified atom stereocenters. The Morgan fingerprint density at radius 1 is 1.17 bits per heavy atom. The fourth-order valence-corrected chi connectivity index (χ4v) is 2.06. The minimum absolute atomic E-state index is 0.223. The molecule has 0 fully saturated rings. The van der Waals surface area contributed by atoms with E-state index in [0.29, 0.717) is 31.3 Å². The standard InChI is InChI=1S/C18H23NO4/c1-3-14-5-7-15(8-6-14)22-13-16-9-10-17(23-16)18(20)19-11-4-12-21-2/h5-10H,3-4,11-13H2,1-2H3,(H,19,20). The minimum Gasteiger partial charge on any atom is -0.486 e. The maximum Gasteiger partial charge on any atom is 0.286 e. The Balaban J connectivity index is 1.80. The first kappa shape index (κ1) is 17.1. The zero-order valence-electron chi connectivity index (χ0n) is 13.6. The van der Waals surface area contributed by atoms with Crippen LogP contribution in [0.15, 0.2) is 40.8 Å². The lowest BCUT2D eigenvalue weighted by molar-refractivity contribution is 0.0917. The second kappa shape index (κ2) is 9.00. The number of benzene rings is 1. The van der Waals surface area contributed by atoms with E-state index in [-0.39, 0.29) is 5.91 Å². The van der Waals surface area contributed by atoms with Crippen LogP contribution in [0.5, 0.6) is 5.75 Å². The zero-order chi connectivity index (χ0) is 16.5. The molecule has 0 saturated carbocycles. The third kappa shape index (κ3) is 5.45. The van der Waals surface area contributed by atoms with E-state index in [1.165, 1.54) is 5.56 Å². The Hall–Kier alpha value is -2.27. The quantitative estimate of drug-likeness (QED) is 0.722. The van der Waals surface area contributed by atoms with Gasteiger partial charge in [-0.3, -0.25) is 4.79 Å². The fraction of sp³-hybridized carbons (Fsp3) is 0.389. The number of ether oxygens (including phenoxy) is 2. The van der Waals surface area contributed by atoms with Crippen molar-refractivity contribution in [3.8, 4) is 5.75 Å². The summed E-state index contributed by atoms with van der Waals surface area (Å²) in [5.74, 6) is 1.47. The Labute approximate surface area is 136 Å². The molecule has 2 rings (SSSR count). The summed E-state index contributed by atoms with van der Waals surface area (Å²) in [5.41, 5.74) is 1.27. The molecule has 1 amide bonds. The van der Waals surface area contributed by atoms with Crippen molar-refractivity contribution in [2.45, 2.75) is 26.4 Å². The zero-order valence-corrected chi connectivity index (χ0v) is 13.6. The third-order valence-electron chi connectivity index (χ3n) is 3.41. The number of aryl methyl sites for hydroxylation is 1. The van der Waals surface area contributed by atoms with E-state index in [9.17, 15) is 4.79 Å². The molecule has 5 nitrogen and oxygen atoms in total. The van der Waals surface area contributed by atoms with Gasteiger partial charge in [0.25, 0.3) is 5.91 Å². The first-order valence-corrected chi connectivity index (χ1v) is 7.80. The van der Waals surface area contributed by atoms with Crippen LogP contribution < -0.4 is 10.1 Å². The van der Waals surface area contributed by atoms with Crippen molar-refractivity contribution in [3.63, 3.8) is 0 Å². The number of methoxy groups -OCH3 is 1. The van der Waals surface area contributed by atoms with Gasteiger partial charge in [0, 0.05) is 20.3 Å². The molecule has 2 aromatic rings. The summed E-state index contributed by atoms with van der Waals surface area (Å²) >= 11 is 0. The average molecular weight is 317 g/mol. The molecular formula is C18H23NO4. The number of nitrogens with one attached hydrogen (secondary N) is 1. The maximum absolute atomic E-state index is 11.9. The van der Waals surface area contributed by atoms with Crippen LogP contribution >= 0.6 is 0 Å². The van der Waals surface area contributed by atoms with Crippen molar-refractivity contribution in [3.05, 3.63) is 53.5 Å². The van der Waals surface area contributed by atoms with E-state index >= 15 is 0 Å². The van der Waals surface area contributed by atoms with Gasteiger partial charge in [0.2, 0.25) is 0 Å². The van der Waals surface area contributed by atoms with Crippen LogP contribution in [0.4, 0.5) is 0 Å².